The van der Waals surface area contributed by atoms with Crippen molar-refractivity contribution in [3.8, 4) is 0 Å². The molecule has 1 aromatic heterocycles. The molecule has 2 rings (SSSR count). The Morgan fingerprint density at radius 1 is 1.54 bits per heavy atom. The fraction of sp³-hybridized carbons (Fsp3) is 0.500. The molecule has 0 atom stereocenters. The fourth-order valence-corrected chi connectivity index (χ4v) is 2.16. The largest absolute Gasteiger partial charge is 0.356 e. The van der Waals surface area contributed by atoms with Gasteiger partial charge in [-0.05, 0) is 47.3 Å². The fourth-order valence-electron chi connectivity index (χ4n) is 1.42. The average molecular weight is 241 g/mol. The number of pyridine rings is 1. The lowest BCUT2D eigenvalue weighted by Gasteiger charge is -2.18. The Balaban J connectivity index is 2.28. The van der Waals surface area contributed by atoms with E-state index >= 15 is 0 Å². The van der Waals surface area contributed by atoms with Crippen LogP contribution in [0.25, 0.3) is 0 Å². The van der Waals surface area contributed by atoms with Gasteiger partial charge in [0.05, 0.1) is 4.47 Å². The van der Waals surface area contributed by atoms with Crippen LogP contribution in [0.5, 0.6) is 0 Å². The highest BCUT2D eigenvalue weighted by molar-refractivity contribution is 9.10. The van der Waals surface area contributed by atoms with E-state index in [1.807, 2.05) is 6.20 Å². The molecule has 3 heteroatoms. The predicted molar refractivity (Wildman–Crippen MR) is 58.1 cm³/mol. The molecule has 0 aliphatic heterocycles. The summed E-state index contributed by atoms with van der Waals surface area (Å²) in [6, 6.07) is 2.83. The first kappa shape index (κ1) is 9.00. The third-order valence-electron chi connectivity index (χ3n) is 2.39. The Morgan fingerprint density at radius 3 is 2.77 bits per heavy atom. The third kappa shape index (κ3) is 1.85. The maximum Gasteiger partial charge on any atom is 0.142 e. The van der Waals surface area contributed by atoms with Crippen LogP contribution < -0.4 is 4.90 Å². The number of hydrogen-bond acceptors (Lipinski definition) is 2. The highest BCUT2D eigenvalue weighted by Gasteiger charge is 2.27. The second-order valence-corrected chi connectivity index (χ2v) is 4.51. The van der Waals surface area contributed by atoms with Gasteiger partial charge in [-0.1, -0.05) is 0 Å². The molecule has 0 radical (unpaired) electrons. The molecule has 13 heavy (non-hydrogen) atoms. The lowest BCUT2D eigenvalue weighted by molar-refractivity contribution is 0.887. The highest BCUT2D eigenvalue weighted by Crippen LogP contribution is 2.33. The molecular formula is C10H13BrN2. The van der Waals surface area contributed by atoms with Crippen LogP contribution in [0.15, 0.2) is 16.7 Å². The lowest BCUT2D eigenvalue weighted by atomic mass is 10.3. The van der Waals surface area contributed by atoms with Crippen molar-refractivity contribution in [3.05, 3.63) is 22.3 Å². The maximum absolute atomic E-state index is 4.42. The first-order chi connectivity index (χ1) is 6.18. The number of halogens is 1. The summed E-state index contributed by atoms with van der Waals surface area (Å²) >= 11 is 3.54. The molecule has 0 saturated heterocycles. The molecular weight excluding hydrogens is 228 g/mol. The van der Waals surface area contributed by atoms with Gasteiger partial charge < -0.3 is 4.90 Å². The molecule has 0 amide bonds. The molecule has 0 unspecified atom stereocenters. The Hall–Kier alpha value is -0.570. The van der Waals surface area contributed by atoms with Crippen LogP contribution in [0.1, 0.15) is 18.4 Å². The number of aryl methyl sites for hydroxylation is 1. The first-order valence-electron chi connectivity index (χ1n) is 4.53. The van der Waals surface area contributed by atoms with Gasteiger partial charge >= 0.3 is 0 Å². The van der Waals surface area contributed by atoms with E-state index in [1.54, 1.807) is 0 Å². The van der Waals surface area contributed by atoms with Crippen LogP contribution in [0.4, 0.5) is 5.82 Å². The van der Waals surface area contributed by atoms with E-state index in [1.165, 1.54) is 18.4 Å². The van der Waals surface area contributed by atoms with Crippen molar-refractivity contribution < 1.29 is 0 Å². The van der Waals surface area contributed by atoms with E-state index in [0.717, 1.165) is 10.3 Å². The quantitative estimate of drug-likeness (QED) is 0.791. The van der Waals surface area contributed by atoms with E-state index in [2.05, 4.69) is 45.9 Å². The predicted octanol–water partition coefficient (Wildman–Crippen LogP) is 2.75. The Labute approximate surface area is 87.1 Å². The molecule has 1 fully saturated rings. The summed E-state index contributed by atoms with van der Waals surface area (Å²) in [5, 5.41) is 0. The van der Waals surface area contributed by atoms with E-state index in [9.17, 15) is 0 Å². The number of aromatic nitrogens is 1. The maximum atomic E-state index is 4.42. The van der Waals surface area contributed by atoms with Gasteiger partial charge in [-0.25, -0.2) is 4.98 Å². The number of rotatable bonds is 2. The molecule has 0 bridgehead atoms. The Morgan fingerprint density at radius 2 is 2.23 bits per heavy atom. The van der Waals surface area contributed by atoms with Gasteiger partial charge in [-0.3, -0.25) is 0 Å². The van der Waals surface area contributed by atoms with E-state index in [4.69, 9.17) is 0 Å². The van der Waals surface area contributed by atoms with Gasteiger partial charge in [-0.15, -0.1) is 0 Å². The van der Waals surface area contributed by atoms with Crippen LogP contribution in [0, 0.1) is 6.92 Å². The minimum atomic E-state index is 0.714. The third-order valence-corrected chi connectivity index (χ3v) is 2.97. The van der Waals surface area contributed by atoms with Crippen molar-refractivity contribution in [2.75, 3.05) is 11.9 Å². The zero-order valence-electron chi connectivity index (χ0n) is 7.92. The highest BCUT2D eigenvalue weighted by atomic mass is 79.9. The van der Waals surface area contributed by atoms with E-state index < -0.39 is 0 Å². The van der Waals surface area contributed by atoms with Crippen molar-refractivity contribution in [1.29, 1.82) is 0 Å². The molecule has 1 heterocycles. The van der Waals surface area contributed by atoms with E-state index in [-0.39, 0.29) is 0 Å². The first-order valence-corrected chi connectivity index (χ1v) is 5.33. The molecule has 1 aliphatic rings. The van der Waals surface area contributed by atoms with Crippen LogP contribution in [0.2, 0.25) is 0 Å². The molecule has 1 aliphatic carbocycles. The second kappa shape index (κ2) is 3.29. The summed E-state index contributed by atoms with van der Waals surface area (Å²) in [4.78, 5) is 6.67. The van der Waals surface area contributed by atoms with Crippen LogP contribution in [0.3, 0.4) is 0 Å². The Kier molecular flexibility index (Phi) is 2.28. The minimum absolute atomic E-state index is 0.714. The molecule has 2 nitrogen and oxygen atoms in total. The lowest BCUT2D eigenvalue weighted by Crippen LogP contribution is -2.21. The Bertz CT molecular complexity index is 321. The SMILES string of the molecule is Cc1cnc(N(C)C2CC2)c(Br)c1. The molecule has 70 valence electrons. The van der Waals surface area contributed by atoms with Gasteiger partial charge in [0.1, 0.15) is 5.82 Å². The van der Waals surface area contributed by atoms with Gasteiger partial charge in [0.2, 0.25) is 0 Å². The van der Waals surface area contributed by atoms with Crippen molar-refractivity contribution in [2.45, 2.75) is 25.8 Å². The van der Waals surface area contributed by atoms with Crippen LogP contribution in [-0.4, -0.2) is 18.1 Å². The number of nitrogens with zero attached hydrogens (tertiary/aromatic N) is 2. The molecule has 0 spiro atoms. The number of hydrogen-bond donors (Lipinski definition) is 0. The summed E-state index contributed by atoms with van der Waals surface area (Å²) in [5.74, 6) is 1.06. The smallest absolute Gasteiger partial charge is 0.142 e. The van der Waals surface area contributed by atoms with Crippen LogP contribution in [-0.2, 0) is 0 Å². The summed E-state index contributed by atoms with van der Waals surface area (Å²) in [6.45, 7) is 2.05. The molecule has 0 aromatic carbocycles. The van der Waals surface area contributed by atoms with Gasteiger partial charge in [0.25, 0.3) is 0 Å². The van der Waals surface area contributed by atoms with Crippen molar-refractivity contribution in [1.82, 2.24) is 4.98 Å². The number of anilines is 1. The van der Waals surface area contributed by atoms with Crippen molar-refractivity contribution in [3.63, 3.8) is 0 Å². The van der Waals surface area contributed by atoms with Crippen molar-refractivity contribution in [2.24, 2.45) is 0 Å². The average Bonchev–Trinajstić information content (AvgIpc) is 2.85. The van der Waals surface area contributed by atoms with Gasteiger partial charge in [0, 0.05) is 19.3 Å². The topological polar surface area (TPSA) is 16.1 Å². The molecule has 1 aromatic rings. The summed E-state index contributed by atoms with van der Waals surface area (Å²) in [5.41, 5.74) is 1.19. The molecule has 0 N–H and O–H groups in total. The summed E-state index contributed by atoms with van der Waals surface area (Å²) in [6.07, 6.45) is 4.52. The van der Waals surface area contributed by atoms with E-state index in [0.29, 0.717) is 6.04 Å². The second-order valence-electron chi connectivity index (χ2n) is 3.66. The summed E-state index contributed by atoms with van der Waals surface area (Å²) < 4.78 is 1.10. The zero-order valence-corrected chi connectivity index (χ0v) is 9.50. The van der Waals surface area contributed by atoms with Gasteiger partial charge in [0.15, 0.2) is 0 Å². The molecule has 1 saturated carbocycles. The monoisotopic (exact) mass is 240 g/mol. The zero-order chi connectivity index (χ0) is 9.42. The standard InChI is InChI=1S/C10H13BrN2/c1-7-5-9(11)10(12-6-7)13(2)8-3-4-8/h5-6,8H,3-4H2,1-2H3. The van der Waals surface area contributed by atoms with Gasteiger partial charge in [-0.2, -0.15) is 0 Å². The van der Waals surface area contributed by atoms with Crippen LogP contribution >= 0.6 is 15.9 Å². The van der Waals surface area contributed by atoms with Crippen molar-refractivity contribution >= 4 is 21.7 Å². The summed E-state index contributed by atoms with van der Waals surface area (Å²) in [7, 11) is 2.11. The normalized spacial score (nSPS) is 15.9. The minimum Gasteiger partial charge on any atom is -0.356 e.